The zero-order valence-corrected chi connectivity index (χ0v) is 12.3. The Kier molecular flexibility index (Phi) is 4.66. The van der Waals surface area contributed by atoms with Gasteiger partial charge in [-0.25, -0.2) is 4.79 Å². The number of carboxylic acid groups (broad SMARTS) is 1. The van der Waals surface area contributed by atoms with Gasteiger partial charge in [0.25, 0.3) is 0 Å². The molecule has 0 spiro atoms. The summed E-state index contributed by atoms with van der Waals surface area (Å²) in [5.41, 5.74) is 5.60. The van der Waals surface area contributed by atoms with Gasteiger partial charge in [0.05, 0.1) is 5.02 Å². The summed E-state index contributed by atoms with van der Waals surface area (Å²) in [6.07, 6.45) is 0. The number of nitrogens with zero attached hydrogens (tertiary/aromatic N) is 1. The Morgan fingerprint density at radius 1 is 1.47 bits per heavy atom. The second-order valence-corrected chi connectivity index (χ2v) is 5.59. The number of rotatable bonds is 5. The van der Waals surface area contributed by atoms with E-state index >= 15 is 0 Å². The molecule has 1 rings (SSSR count). The maximum Gasteiger partial charge on any atom is 0.339 e. The summed E-state index contributed by atoms with van der Waals surface area (Å²) in [4.78, 5) is 13.2. The summed E-state index contributed by atoms with van der Waals surface area (Å²) < 4.78 is 5.60. The maximum atomic E-state index is 11.2. The molecule has 5 nitrogen and oxygen atoms in total. The molecule has 1 aromatic rings. The van der Waals surface area contributed by atoms with E-state index in [0.717, 1.165) is 0 Å². The number of nitrogens with two attached hydrogens (primary N) is 1. The van der Waals surface area contributed by atoms with E-state index in [4.69, 9.17) is 27.2 Å². The molecule has 0 aromatic heterocycles. The number of aromatic carboxylic acids is 1. The van der Waals surface area contributed by atoms with Crippen molar-refractivity contribution in [1.29, 1.82) is 0 Å². The fourth-order valence-electron chi connectivity index (χ4n) is 1.30. The highest BCUT2D eigenvalue weighted by Gasteiger charge is 2.24. The van der Waals surface area contributed by atoms with E-state index < -0.39 is 5.97 Å². The van der Waals surface area contributed by atoms with E-state index in [0.29, 0.717) is 12.3 Å². The lowest BCUT2D eigenvalue weighted by Crippen LogP contribution is -2.43. The zero-order chi connectivity index (χ0) is 14.8. The van der Waals surface area contributed by atoms with Gasteiger partial charge in [0.15, 0.2) is 5.75 Å². The van der Waals surface area contributed by atoms with Gasteiger partial charge in [0, 0.05) is 11.2 Å². The lowest BCUT2D eigenvalue weighted by atomic mass is 10.1. The first-order valence-corrected chi connectivity index (χ1v) is 6.15. The molecule has 0 aliphatic heterocycles. The Morgan fingerprint density at radius 2 is 2.05 bits per heavy atom. The molecule has 0 amide bonds. The van der Waals surface area contributed by atoms with E-state index in [9.17, 15) is 4.79 Å². The monoisotopic (exact) mass is 286 g/mol. The van der Waals surface area contributed by atoms with Crippen molar-refractivity contribution in [2.75, 3.05) is 26.4 Å². The van der Waals surface area contributed by atoms with Crippen LogP contribution in [0.1, 0.15) is 24.2 Å². The van der Waals surface area contributed by atoms with Crippen molar-refractivity contribution in [3.63, 3.8) is 0 Å². The van der Waals surface area contributed by atoms with E-state index in [2.05, 4.69) is 0 Å². The topological polar surface area (TPSA) is 75.8 Å². The van der Waals surface area contributed by atoms with E-state index in [1.165, 1.54) is 12.1 Å². The molecule has 0 fully saturated rings. The van der Waals surface area contributed by atoms with Crippen LogP contribution in [0.3, 0.4) is 0 Å². The van der Waals surface area contributed by atoms with Crippen LogP contribution in [0.4, 0.5) is 5.69 Å². The maximum absolute atomic E-state index is 11.2. The predicted octanol–water partition coefficient (Wildman–Crippen LogP) is 2.34. The highest BCUT2D eigenvalue weighted by Crippen LogP contribution is 2.32. The Labute approximate surface area is 117 Å². The van der Waals surface area contributed by atoms with E-state index in [1.807, 2.05) is 32.8 Å². The van der Waals surface area contributed by atoms with Crippen LogP contribution >= 0.6 is 11.6 Å². The van der Waals surface area contributed by atoms with E-state index in [-0.39, 0.29) is 21.9 Å². The molecule has 0 bridgehead atoms. The molecule has 0 saturated carbocycles. The second kappa shape index (κ2) is 5.67. The first-order chi connectivity index (χ1) is 8.65. The van der Waals surface area contributed by atoms with Gasteiger partial charge in [0.1, 0.15) is 12.2 Å². The summed E-state index contributed by atoms with van der Waals surface area (Å²) in [7, 11) is 3.85. The molecule has 0 heterocycles. The van der Waals surface area contributed by atoms with Crippen molar-refractivity contribution in [2.24, 2.45) is 0 Å². The Bertz CT molecular complexity index is 487. The molecule has 0 unspecified atom stereocenters. The fraction of sp³-hybridized carbons (Fsp3) is 0.462. The third kappa shape index (κ3) is 3.75. The molecular formula is C13H19ClN2O3. The van der Waals surface area contributed by atoms with Crippen LogP contribution < -0.4 is 10.5 Å². The average Bonchev–Trinajstić information content (AvgIpc) is 2.26. The minimum atomic E-state index is -1.12. The van der Waals surface area contributed by atoms with Gasteiger partial charge in [-0.15, -0.1) is 0 Å². The normalized spacial score (nSPS) is 11.7. The Balaban J connectivity index is 3.04. The molecule has 6 heteroatoms. The van der Waals surface area contributed by atoms with Crippen molar-refractivity contribution in [2.45, 2.75) is 19.4 Å². The largest absolute Gasteiger partial charge is 0.489 e. The average molecular weight is 287 g/mol. The molecular weight excluding hydrogens is 268 g/mol. The number of benzene rings is 1. The fourth-order valence-corrected chi connectivity index (χ4v) is 1.58. The van der Waals surface area contributed by atoms with Gasteiger partial charge in [-0.3, -0.25) is 0 Å². The molecule has 106 valence electrons. The third-order valence-corrected chi connectivity index (χ3v) is 3.36. The number of carbonyl (C=O) groups is 1. The van der Waals surface area contributed by atoms with Crippen molar-refractivity contribution in [3.8, 4) is 5.75 Å². The van der Waals surface area contributed by atoms with Gasteiger partial charge in [-0.2, -0.15) is 0 Å². The highest BCUT2D eigenvalue weighted by atomic mass is 35.5. The van der Waals surface area contributed by atoms with Crippen LogP contribution in [-0.2, 0) is 0 Å². The molecule has 0 aliphatic rings. The van der Waals surface area contributed by atoms with Crippen molar-refractivity contribution < 1.29 is 14.6 Å². The van der Waals surface area contributed by atoms with Crippen molar-refractivity contribution >= 4 is 23.3 Å². The number of hydrogen-bond acceptors (Lipinski definition) is 4. The van der Waals surface area contributed by atoms with Crippen LogP contribution in [0.2, 0.25) is 5.02 Å². The smallest absolute Gasteiger partial charge is 0.339 e. The second-order valence-electron chi connectivity index (χ2n) is 5.18. The number of hydrogen-bond donors (Lipinski definition) is 2. The quantitative estimate of drug-likeness (QED) is 0.813. The number of halogens is 1. The summed E-state index contributed by atoms with van der Waals surface area (Å²) in [5.74, 6) is -0.967. The Hall–Kier alpha value is -1.46. The van der Waals surface area contributed by atoms with E-state index in [1.54, 1.807) is 0 Å². The molecule has 3 N–H and O–H groups in total. The summed E-state index contributed by atoms with van der Waals surface area (Å²) >= 11 is 6.01. The summed E-state index contributed by atoms with van der Waals surface area (Å²) in [5, 5.41) is 9.35. The SMILES string of the molecule is CN(C)C(C)(C)COc1c(Cl)cc(N)cc1C(=O)O. The minimum Gasteiger partial charge on any atom is -0.489 e. The molecule has 0 aliphatic carbocycles. The molecule has 0 saturated heterocycles. The number of nitrogen functional groups attached to an aromatic ring is 1. The molecule has 19 heavy (non-hydrogen) atoms. The van der Waals surface area contributed by atoms with Gasteiger partial charge in [-0.05, 0) is 40.1 Å². The van der Waals surface area contributed by atoms with Gasteiger partial charge in [0.2, 0.25) is 0 Å². The van der Waals surface area contributed by atoms with Crippen LogP contribution in [0, 0.1) is 0 Å². The van der Waals surface area contributed by atoms with Crippen molar-refractivity contribution in [1.82, 2.24) is 4.90 Å². The number of anilines is 1. The van der Waals surface area contributed by atoms with Crippen LogP contribution in [-0.4, -0.2) is 42.2 Å². The molecule has 1 aromatic carbocycles. The van der Waals surface area contributed by atoms with Crippen molar-refractivity contribution in [3.05, 3.63) is 22.7 Å². The Morgan fingerprint density at radius 3 is 2.53 bits per heavy atom. The summed E-state index contributed by atoms with van der Waals surface area (Å²) in [6, 6.07) is 2.82. The van der Waals surface area contributed by atoms with Gasteiger partial charge < -0.3 is 20.5 Å². The van der Waals surface area contributed by atoms with Crippen LogP contribution in [0.25, 0.3) is 0 Å². The van der Waals surface area contributed by atoms with Gasteiger partial charge in [-0.1, -0.05) is 11.6 Å². The van der Waals surface area contributed by atoms with Crippen LogP contribution in [0.15, 0.2) is 12.1 Å². The zero-order valence-electron chi connectivity index (χ0n) is 11.5. The first kappa shape index (κ1) is 15.6. The molecule has 0 radical (unpaired) electrons. The number of likely N-dealkylation sites (N-methyl/N-ethyl adjacent to an activating group) is 1. The molecule has 0 atom stereocenters. The van der Waals surface area contributed by atoms with Gasteiger partial charge >= 0.3 is 5.97 Å². The summed E-state index contributed by atoms with van der Waals surface area (Å²) in [6.45, 7) is 4.28. The lowest BCUT2D eigenvalue weighted by Gasteiger charge is -2.32. The number of ether oxygens (including phenoxy) is 1. The van der Waals surface area contributed by atoms with Crippen LogP contribution in [0.5, 0.6) is 5.75 Å². The predicted molar refractivity (Wildman–Crippen MR) is 76.1 cm³/mol. The lowest BCUT2D eigenvalue weighted by molar-refractivity contribution is 0.0684. The third-order valence-electron chi connectivity index (χ3n) is 3.08. The first-order valence-electron chi connectivity index (χ1n) is 5.77. The number of carboxylic acids is 1. The highest BCUT2D eigenvalue weighted by molar-refractivity contribution is 6.33. The standard InChI is InChI=1S/C13H19ClN2O3/c1-13(2,16(3)4)7-19-11-9(12(17)18)5-8(15)6-10(11)14/h5-6H,7,15H2,1-4H3,(H,17,18). The minimum absolute atomic E-state index is 0.0282.